The van der Waals surface area contributed by atoms with Crippen LogP contribution in [-0.2, 0) is 22.6 Å². The molecular formula is C28H37Cl3N4O2. The van der Waals surface area contributed by atoms with E-state index in [2.05, 4.69) is 36.2 Å². The van der Waals surface area contributed by atoms with Gasteiger partial charge >= 0.3 is 0 Å². The van der Waals surface area contributed by atoms with Gasteiger partial charge < -0.3 is 16.0 Å². The van der Waals surface area contributed by atoms with Gasteiger partial charge in [0.05, 0.1) is 16.1 Å². The highest BCUT2D eigenvalue weighted by Crippen LogP contribution is 2.30. The lowest BCUT2D eigenvalue weighted by atomic mass is 9.99. The van der Waals surface area contributed by atoms with Crippen molar-refractivity contribution in [3.8, 4) is 0 Å². The van der Waals surface area contributed by atoms with Crippen LogP contribution >= 0.6 is 35.6 Å². The van der Waals surface area contributed by atoms with E-state index in [1.54, 1.807) is 12.1 Å². The van der Waals surface area contributed by atoms with Crippen molar-refractivity contribution >= 4 is 47.4 Å². The Balaban J connectivity index is 0.00000380. The Bertz CT molecular complexity index is 1070. The number of amides is 2. The molecule has 4 atom stereocenters. The van der Waals surface area contributed by atoms with Crippen LogP contribution in [0.2, 0.25) is 10.0 Å². The number of hydrogen-bond acceptors (Lipinski definition) is 4. The van der Waals surface area contributed by atoms with E-state index in [1.165, 1.54) is 5.56 Å². The second-order valence-corrected chi connectivity index (χ2v) is 11.3. The summed E-state index contributed by atoms with van der Waals surface area (Å²) in [7, 11) is 0. The number of rotatable bonds is 8. The molecule has 2 fully saturated rings. The molecule has 2 aromatic carbocycles. The summed E-state index contributed by atoms with van der Waals surface area (Å²) in [4.78, 5) is 31.5. The number of halogens is 3. The molecule has 37 heavy (non-hydrogen) atoms. The Morgan fingerprint density at radius 1 is 1.11 bits per heavy atom. The zero-order chi connectivity index (χ0) is 25.8. The lowest BCUT2D eigenvalue weighted by Crippen LogP contribution is -2.53. The van der Waals surface area contributed by atoms with Crippen molar-refractivity contribution in [3.05, 3.63) is 69.7 Å². The third-order valence-electron chi connectivity index (χ3n) is 7.25. The number of benzene rings is 2. The van der Waals surface area contributed by atoms with E-state index < -0.39 is 6.04 Å². The van der Waals surface area contributed by atoms with Crippen LogP contribution in [0, 0.1) is 5.92 Å². The molecule has 2 aliphatic rings. The summed E-state index contributed by atoms with van der Waals surface area (Å²) < 4.78 is 0. The molecule has 1 unspecified atom stereocenters. The van der Waals surface area contributed by atoms with Crippen molar-refractivity contribution in [2.45, 2.75) is 70.2 Å². The van der Waals surface area contributed by atoms with Gasteiger partial charge in [-0.05, 0) is 54.9 Å². The lowest BCUT2D eigenvalue weighted by molar-refractivity contribution is -0.143. The molecule has 0 aromatic heterocycles. The molecule has 2 saturated heterocycles. The van der Waals surface area contributed by atoms with Crippen LogP contribution in [0.15, 0.2) is 48.5 Å². The quantitative estimate of drug-likeness (QED) is 0.485. The SMILES string of the molecule is CC(C)C[C@H](C(=O)NCc1ccc(Cl)c(Cl)c1)N1CCC(Cc2ccccc2)N2C[C@H](N)C[C@H]2C1=O.Cl. The zero-order valence-electron chi connectivity index (χ0n) is 21.4. The molecular weight excluding hydrogens is 531 g/mol. The van der Waals surface area contributed by atoms with Crippen molar-refractivity contribution in [2.75, 3.05) is 13.1 Å². The second kappa shape index (κ2) is 13.3. The van der Waals surface area contributed by atoms with Crippen LogP contribution in [0.3, 0.4) is 0 Å². The Labute approximate surface area is 236 Å². The van der Waals surface area contributed by atoms with E-state index in [0.29, 0.717) is 42.5 Å². The van der Waals surface area contributed by atoms with Gasteiger partial charge in [0.1, 0.15) is 6.04 Å². The van der Waals surface area contributed by atoms with Crippen LogP contribution < -0.4 is 11.1 Å². The molecule has 2 aromatic rings. The predicted octanol–water partition coefficient (Wildman–Crippen LogP) is 4.69. The molecule has 0 bridgehead atoms. The standard InChI is InChI=1S/C28H36Cl2N4O2.ClH/c1-18(2)12-25(27(35)32-16-20-8-9-23(29)24(30)14-20)33-11-10-22(13-19-6-4-3-5-7-19)34-17-21(31)15-26(34)28(33)36;/h3-9,14,18,21-22,25-26H,10-13,15-17,31H2,1-2H3,(H,32,35);1H/t21-,22?,25-,26+;/m1./s1. The van der Waals surface area contributed by atoms with E-state index in [1.807, 2.05) is 29.2 Å². The third-order valence-corrected chi connectivity index (χ3v) is 7.99. The first-order valence-electron chi connectivity index (χ1n) is 12.8. The molecule has 0 aliphatic carbocycles. The van der Waals surface area contributed by atoms with Crippen LogP contribution in [0.25, 0.3) is 0 Å². The fourth-order valence-electron chi connectivity index (χ4n) is 5.49. The Kier molecular flexibility index (Phi) is 10.7. The van der Waals surface area contributed by atoms with E-state index in [4.69, 9.17) is 28.9 Å². The first-order valence-corrected chi connectivity index (χ1v) is 13.6. The smallest absolute Gasteiger partial charge is 0.243 e. The number of nitrogens with two attached hydrogens (primary N) is 1. The second-order valence-electron chi connectivity index (χ2n) is 10.5. The van der Waals surface area contributed by atoms with E-state index in [0.717, 1.165) is 18.4 Å². The van der Waals surface area contributed by atoms with Crippen LogP contribution in [0.1, 0.15) is 44.2 Å². The molecule has 0 radical (unpaired) electrons. The van der Waals surface area contributed by atoms with Crippen molar-refractivity contribution in [1.29, 1.82) is 0 Å². The number of carbonyl (C=O) groups is 2. The van der Waals surface area contributed by atoms with Gasteiger partial charge in [0, 0.05) is 31.7 Å². The van der Waals surface area contributed by atoms with E-state index >= 15 is 0 Å². The number of hydrogen-bond donors (Lipinski definition) is 2. The first kappa shape index (κ1) is 29.7. The Hall–Kier alpha value is -1.83. The monoisotopic (exact) mass is 566 g/mol. The fourth-order valence-corrected chi connectivity index (χ4v) is 5.81. The normalized spacial score (nSPS) is 22.8. The maximum atomic E-state index is 13.9. The fraction of sp³-hybridized carbons (Fsp3) is 0.500. The third kappa shape index (κ3) is 7.39. The maximum absolute atomic E-state index is 13.9. The van der Waals surface area contributed by atoms with Crippen molar-refractivity contribution in [2.24, 2.45) is 11.7 Å². The molecule has 2 amide bonds. The van der Waals surface area contributed by atoms with E-state index in [9.17, 15) is 9.59 Å². The molecule has 9 heteroatoms. The van der Waals surface area contributed by atoms with Gasteiger partial charge in [-0.25, -0.2) is 0 Å². The number of nitrogens with zero attached hydrogens (tertiary/aromatic N) is 2. The molecule has 0 spiro atoms. The molecule has 2 aliphatic heterocycles. The summed E-state index contributed by atoms with van der Waals surface area (Å²) >= 11 is 12.2. The summed E-state index contributed by atoms with van der Waals surface area (Å²) in [6.45, 7) is 5.74. The van der Waals surface area contributed by atoms with Crippen molar-refractivity contribution in [1.82, 2.24) is 15.1 Å². The van der Waals surface area contributed by atoms with Gasteiger partial charge in [0.25, 0.3) is 0 Å². The average molecular weight is 568 g/mol. The summed E-state index contributed by atoms with van der Waals surface area (Å²) in [5, 5.41) is 3.96. The van der Waals surface area contributed by atoms with Gasteiger partial charge in [-0.2, -0.15) is 0 Å². The van der Waals surface area contributed by atoms with E-state index in [-0.39, 0.29) is 48.3 Å². The van der Waals surface area contributed by atoms with Gasteiger partial charge in [-0.3, -0.25) is 14.5 Å². The minimum Gasteiger partial charge on any atom is -0.350 e. The molecule has 3 N–H and O–H groups in total. The summed E-state index contributed by atoms with van der Waals surface area (Å²) in [6.07, 6.45) is 2.89. The number of fused-ring (bicyclic) bond motifs is 1. The maximum Gasteiger partial charge on any atom is 0.243 e. The molecule has 4 rings (SSSR count). The summed E-state index contributed by atoms with van der Waals surface area (Å²) in [5.74, 6) is 0.135. The van der Waals surface area contributed by atoms with Crippen LogP contribution in [-0.4, -0.2) is 58.9 Å². The zero-order valence-corrected chi connectivity index (χ0v) is 23.7. The largest absolute Gasteiger partial charge is 0.350 e. The minimum atomic E-state index is -0.533. The van der Waals surface area contributed by atoms with Gasteiger partial charge in [0.2, 0.25) is 11.8 Å². The topological polar surface area (TPSA) is 78.7 Å². The highest BCUT2D eigenvalue weighted by Gasteiger charge is 2.45. The average Bonchev–Trinajstić information content (AvgIpc) is 3.20. The summed E-state index contributed by atoms with van der Waals surface area (Å²) in [6, 6.07) is 15.1. The molecule has 0 saturated carbocycles. The van der Waals surface area contributed by atoms with Gasteiger partial charge in [-0.15, -0.1) is 12.4 Å². The van der Waals surface area contributed by atoms with Crippen LogP contribution in [0.5, 0.6) is 0 Å². The molecule has 6 nitrogen and oxygen atoms in total. The lowest BCUT2D eigenvalue weighted by Gasteiger charge is -2.33. The van der Waals surface area contributed by atoms with Crippen molar-refractivity contribution in [3.63, 3.8) is 0 Å². The van der Waals surface area contributed by atoms with Crippen molar-refractivity contribution < 1.29 is 9.59 Å². The molecule has 202 valence electrons. The Morgan fingerprint density at radius 3 is 2.51 bits per heavy atom. The number of carbonyl (C=O) groups excluding carboxylic acids is 2. The Morgan fingerprint density at radius 2 is 1.84 bits per heavy atom. The highest BCUT2D eigenvalue weighted by atomic mass is 35.5. The van der Waals surface area contributed by atoms with Gasteiger partial charge in [0.15, 0.2) is 0 Å². The van der Waals surface area contributed by atoms with Crippen LogP contribution in [0.4, 0.5) is 0 Å². The number of nitrogens with one attached hydrogen (secondary N) is 1. The highest BCUT2D eigenvalue weighted by molar-refractivity contribution is 6.42. The molecule has 2 heterocycles. The minimum absolute atomic E-state index is 0. The first-order chi connectivity index (χ1) is 17.2. The summed E-state index contributed by atoms with van der Waals surface area (Å²) in [5.41, 5.74) is 8.46. The predicted molar refractivity (Wildman–Crippen MR) is 152 cm³/mol. The van der Waals surface area contributed by atoms with Gasteiger partial charge in [-0.1, -0.05) is 73.4 Å².